The van der Waals surface area contributed by atoms with E-state index >= 15 is 0 Å². The largest absolute Gasteiger partial charge is 0.470 e. The Balaban J connectivity index is 2.21. The standard InChI is InChI=1S/C15H7Cl2F5N2O5S/c16-8-2-7(12(25)24-30(26)27)10(18)3-11(8)29-6-1-9(17)13(23-4-6)28-5-15(21,22)14(19)20/h1-4,14H,5H2. The number of halogens is 7. The van der Waals surface area contributed by atoms with Gasteiger partial charge in [-0.1, -0.05) is 27.6 Å². The maximum Gasteiger partial charge on any atom is 0.340 e. The molecule has 0 bridgehead atoms. The number of nitrogens with zero attached hydrogens (tertiary/aromatic N) is 2. The van der Waals surface area contributed by atoms with Crippen molar-refractivity contribution in [3.8, 4) is 17.4 Å². The SMILES string of the molecule is O=C(N=S(=O)=O)c1cc(Cl)c(Oc2cnc(OCC(F)(F)C(F)F)c(Cl)c2)cc1F. The number of pyridine rings is 1. The van der Waals surface area contributed by atoms with Gasteiger partial charge in [0.1, 0.15) is 22.3 Å². The van der Waals surface area contributed by atoms with Crippen molar-refractivity contribution in [1.29, 1.82) is 0 Å². The molecule has 1 aromatic heterocycles. The second-order valence-electron chi connectivity index (χ2n) is 5.29. The number of hydrogen-bond donors (Lipinski definition) is 0. The lowest BCUT2D eigenvalue weighted by molar-refractivity contribution is -0.148. The summed E-state index contributed by atoms with van der Waals surface area (Å²) in [6, 6.07) is 2.41. The van der Waals surface area contributed by atoms with Gasteiger partial charge in [0.2, 0.25) is 5.88 Å². The predicted octanol–water partition coefficient (Wildman–Crippen LogP) is 4.80. The molecule has 0 atom stereocenters. The fourth-order valence-electron chi connectivity index (χ4n) is 1.81. The quantitative estimate of drug-likeness (QED) is 0.515. The third-order valence-corrected chi connectivity index (χ3v) is 4.02. The van der Waals surface area contributed by atoms with Gasteiger partial charge in [0.05, 0.1) is 16.8 Å². The summed E-state index contributed by atoms with van der Waals surface area (Å²) in [6.45, 7) is -1.68. The molecule has 0 aliphatic rings. The molecule has 0 spiro atoms. The maximum atomic E-state index is 14.0. The molecule has 0 N–H and O–H groups in total. The molecule has 1 heterocycles. The van der Waals surface area contributed by atoms with Gasteiger partial charge in [-0.3, -0.25) is 4.79 Å². The second kappa shape index (κ2) is 9.53. The zero-order valence-electron chi connectivity index (χ0n) is 14.1. The van der Waals surface area contributed by atoms with Crippen molar-refractivity contribution in [2.45, 2.75) is 12.3 Å². The third-order valence-electron chi connectivity index (χ3n) is 3.14. The first-order valence-corrected chi connectivity index (χ1v) is 9.16. The van der Waals surface area contributed by atoms with E-state index in [-0.39, 0.29) is 16.5 Å². The van der Waals surface area contributed by atoms with Gasteiger partial charge in [0, 0.05) is 12.1 Å². The number of hydrogen-bond acceptors (Lipinski definition) is 6. The smallest absolute Gasteiger partial charge is 0.340 e. The van der Waals surface area contributed by atoms with Crippen LogP contribution in [0.2, 0.25) is 10.0 Å². The van der Waals surface area contributed by atoms with Crippen LogP contribution in [-0.2, 0) is 10.5 Å². The zero-order chi connectivity index (χ0) is 22.6. The molecule has 0 saturated carbocycles. The minimum absolute atomic E-state index is 0.182. The van der Waals surface area contributed by atoms with Gasteiger partial charge in [0.25, 0.3) is 5.91 Å². The van der Waals surface area contributed by atoms with Gasteiger partial charge in [-0.2, -0.15) is 17.2 Å². The first-order chi connectivity index (χ1) is 13.9. The van der Waals surface area contributed by atoms with Gasteiger partial charge in [-0.25, -0.2) is 18.2 Å². The molecule has 0 aliphatic heterocycles. The predicted molar refractivity (Wildman–Crippen MR) is 92.9 cm³/mol. The van der Waals surface area contributed by atoms with Crippen LogP contribution in [0, 0.1) is 5.82 Å². The van der Waals surface area contributed by atoms with Gasteiger partial charge in [-0.05, 0) is 6.07 Å². The molecule has 15 heteroatoms. The summed E-state index contributed by atoms with van der Waals surface area (Å²) < 4.78 is 97.2. The fourth-order valence-corrected chi connectivity index (χ4v) is 2.46. The Morgan fingerprint density at radius 3 is 2.43 bits per heavy atom. The molecule has 0 saturated heterocycles. The van der Waals surface area contributed by atoms with Crippen molar-refractivity contribution in [3.63, 3.8) is 0 Å². The van der Waals surface area contributed by atoms with Gasteiger partial charge < -0.3 is 9.47 Å². The number of aromatic nitrogens is 1. The van der Waals surface area contributed by atoms with E-state index in [9.17, 15) is 35.2 Å². The van der Waals surface area contributed by atoms with Crippen LogP contribution in [-0.4, -0.2) is 38.3 Å². The van der Waals surface area contributed by atoms with E-state index in [0.29, 0.717) is 6.07 Å². The van der Waals surface area contributed by atoms with E-state index in [1.54, 1.807) is 0 Å². The molecule has 0 radical (unpaired) electrons. The number of alkyl halides is 4. The van der Waals surface area contributed by atoms with E-state index in [4.69, 9.17) is 27.9 Å². The molecule has 0 unspecified atom stereocenters. The van der Waals surface area contributed by atoms with Crippen LogP contribution >= 0.6 is 23.2 Å². The van der Waals surface area contributed by atoms with Gasteiger partial charge in [-0.15, -0.1) is 0 Å². The summed E-state index contributed by atoms with van der Waals surface area (Å²) >= 11 is 11.6. The van der Waals surface area contributed by atoms with Crippen LogP contribution < -0.4 is 9.47 Å². The summed E-state index contributed by atoms with van der Waals surface area (Å²) in [4.78, 5) is 15.0. The molecule has 30 heavy (non-hydrogen) atoms. The molecule has 1 aromatic carbocycles. The topological polar surface area (TPSA) is 94.9 Å². The van der Waals surface area contributed by atoms with Gasteiger partial charge in [0.15, 0.2) is 6.61 Å². The normalized spacial score (nSPS) is 11.3. The van der Waals surface area contributed by atoms with Crippen LogP contribution in [0.25, 0.3) is 0 Å². The Kier molecular flexibility index (Phi) is 7.55. The van der Waals surface area contributed by atoms with Crippen molar-refractivity contribution in [1.82, 2.24) is 4.98 Å². The number of ether oxygens (including phenoxy) is 2. The average Bonchev–Trinajstić information content (AvgIpc) is 2.63. The van der Waals surface area contributed by atoms with Crippen molar-refractivity contribution in [2.24, 2.45) is 4.36 Å². The first kappa shape index (κ1) is 23.8. The Labute approximate surface area is 176 Å². The maximum absolute atomic E-state index is 14.0. The van der Waals surface area contributed by atoms with Crippen LogP contribution in [0.15, 0.2) is 28.8 Å². The molecular weight excluding hydrogens is 486 g/mol. The highest BCUT2D eigenvalue weighted by Crippen LogP contribution is 2.35. The van der Waals surface area contributed by atoms with Crippen molar-refractivity contribution in [3.05, 3.63) is 45.8 Å². The van der Waals surface area contributed by atoms with E-state index in [1.807, 2.05) is 0 Å². The highest BCUT2D eigenvalue weighted by atomic mass is 35.5. The molecular formula is C15H7Cl2F5N2O5S. The molecule has 162 valence electrons. The molecule has 1 amide bonds. The lowest BCUT2D eigenvalue weighted by atomic mass is 10.2. The van der Waals surface area contributed by atoms with Crippen LogP contribution in [0.5, 0.6) is 17.4 Å². The van der Waals surface area contributed by atoms with Crippen LogP contribution in [0.3, 0.4) is 0 Å². The molecule has 7 nitrogen and oxygen atoms in total. The summed E-state index contributed by atoms with van der Waals surface area (Å²) in [5.74, 6) is -8.14. The molecule has 2 aromatic rings. The van der Waals surface area contributed by atoms with Crippen molar-refractivity contribution < 1.29 is 44.6 Å². The first-order valence-electron chi connectivity index (χ1n) is 7.37. The number of amides is 1. The van der Waals surface area contributed by atoms with E-state index < -0.39 is 57.6 Å². The lowest BCUT2D eigenvalue weighted by Gasteiger charge is -2.16. The van der Waals surface area contributed by atoms with Crippen LogP contribution in [0.4, 0.5) is 22.0 Å². The van der Waals surface area contributed by atoms with E-state index in [0.717, 1.165) is 18.3 Å². The minimum Gasteiger partial charge on any atom is -0.470 e. The van der Waals surface area contributed by atoms with Crippen molar-refractivity contribution >= 4 is 39.6 Å². The Hall–Kier alpha value is -2.51. The van der Waals surface area contributed by atoms with E-state index in [1.165, 1.54) is 0 Å². The zero-order valence-corrected chi connectivity index (χ0v) is 16.4. The Morgan fingerprint density at radius 2 is 1.87 bits per heavy atom. The Morgan fingerprint density at radius 1 is 1.20 bits per heavy atom. The highest BCUT2D eigenvalue weighted by Gasteiger charge is 2.42. The summed E-state index contributed by atoms with van der Waals surface area (Å²) in [6.07, 6.45) is -3.06. The molecule has 2 rings (SSSR count). The average molecular weight is 493 g/mol. The number of benzene rings is 1. The summed E-state index contributed by atoms with van der Waals surface area (Å²) in [5, 5.41) is -0.711. The number of carbonyl (C=O) groups is 1. The van der Waals surface area contributed by atoms with E-state index in [2.05, 4.69) is 14.1 Å². The third kappa shape index (κ3) is 6.00. The number of rotatable bonds is 7. The monoisotopic (exact) mass is 492 g/mol. The van der Waals surface area contributed by atoms with Crippen LogP contribution in [0.1, 0.15) is 10.4 Å². The lowest BCUT2D eigenvalue weighted by Crippen LogP contribution is -2.33. The van der Waals surface area contributed by atoms with Crippen molar-refractivity contribution in [2.75, 3.05) is 6.61 Å². The molecule has 0 aliphatic carbocycles. The fraction of sp³-hybridized carbons (Fsp3) is 0.200. The summed E-state index contributed by atoms with van der Waals surface area (Å²) in [7, 11) is -3.10. The Bertz CT molecular complexity index is 1110. The second-order valence-corrected chi connectivity index (χ2v) is 6.72. The molecule has 0 fully saturated rings. The number of carbonyl (C=O) groups excluding carboxylic acids is 1. The van der Waals surface area contributed by atoms with Gasteiger partial charge >= 0.3 is 22.8 Å². The highest BCUT2D eigenvalue weighted by molar-refractivity contribution is 7.62. The minimum atomic E-state index is -4.42. The summed E-state index contributed by atoms with van der Waals surface area (Å²) in [5.41, 5.74) is -0.739.